The Morgan fingerprint density at radius 3 is 0.940 bits per heavy atom. The summed E-state index contributed by atoms with van der Waals surface area (Å²) < 4.78 is 16.8. The highest BCUT2D eigenvalue weighted by Gasteiger charge is 2.19. The summed E-state index contributed by atoms with van der Waals surface area (Å²) in [4.78, 5) is 38.0. The molecule has 6 nitrogen and oxygen atoms in total. The van der Waals surface area contributed by atoms with Crippen molar-refractivity contribution in [2.24, 2.45) is 0 Å². The Bertz CT molecular complexity index is 1260. The number of carbonyl (C=O) groups is 3. The number of esters is 3. The molecular formula is C61H106O6. The van der Waals surface area contributed by atoms with Crippen LogP contribution in [0.5, 0.6) is 0 Å². The summed E-state index contributed by atoms with van der Waals surface area (Å²) in [6, 6.07) is 0. The largest absolute Gasteiger partial charge is 0.462 e. The molecule has 1 atom stereocenters. The van der Waals surface area contributed by atoms with E-state index in [9.17, 15) is 14.4 Å². The second kappa shape index (κ2) is 55.4. The maximum absolute atomic E-state index is 12.8. The van der Waals surface area contributed by atoms with E-state index < -0.39 is 6.10 Å². The molecule has 0 heterocycles. The Labute approximate surface area is 414 Å². The number of unbranched alkanes of at least 4 members (excludes halogenated alkanes) is 28. The molecular weight excluding hydrogens is 829 g/mol. The number of hydrogen-bond donors (Lipinski definition) is 0. The summed E-state index contributed by atoms with van der Waals surface area (Å²) in [6.45, 7) is 6.50. The molecule has 67 heavy (non-hydrogen) atoms. The third-order valence-electron chi connectivity index (χ3n) is 12.2. The van der Waals surface area contributed by atoms with Crippen LogP contribution in [0.25, 0.3) is 0 Å². The van der Waals surface area contributed by atoms with Crippen molar-refractivity contribution in [3.63, 3.8) is 0 Å². The van der Waals surface area contributed by atoms with Crippen molar-refractivity contribution in [3.8, 4) is 0 Å². The minimum Gasteiger partial charge on any atom is -0.462 e. The fourth-order valence-corrected chi connectivity index (χ4v) is 7.93. The van der Waals surface area contributed by atoms with Crippen LogP contribution in [-0.4, -0.2) is 37.2 Å². The average molecular weight is 936 g/mol. The Kier molecular flexibility index (Phi) is 52.8. The summed E-state index contributed by atoms with van der Waals surface area (Å²) in [6.07, 6.45) is 70.4. The van der Waals surface area contributed by atoms with Crippen LogP contribution >= 0.6 is 0 Å². The number of allylic oxidation sites excluding steroid dienone is 12. The molecule has 386 valence electrons. The van der Waals surface area contributed by atoms with Gasteiger partial charge >= 0.3 is 17.9 Å². The maximum atomic E-state index is 12.8. The Morgan fingerprint density at radius 1 is 0.313 bits per heavy atom. The van der Waals surface area contributed by atoms with Crippen LogP contribution < -0.4 is 0 Å². The van der Waals surface area contributed by atoms with Gasteiger partial charge < -0.3 is 14.2 Å². The lowest BCUT2D eigenvalue weighted by molar-refractivity contribution is -0.167. The molecule has 0 radical (unpaired) electrons. The third kappa shape index (κ3) is 53.7. The molecule has 0 spiro atoms. The molecule has 0 saturated heterocycles. The van der Waals surface area contributed by atoms with E-state index in [-0.39, 0.29) is 31.1 Å². The topological polar surface area (TPSA) is 78.9 Å². The van der Waals surface area contributed by atoms with Gasteiger partial charge in [-0.25, -0.2) is 0 Å². The highest BCUT2D eigenvalue weighted by Crippen LogP contribution is 2.15. The molecule has 0 aromatic heterocycles. The van der Waals surface area contributed by atoms with Crippen LogP contribution in [0.4, 0.5) is 0 Å². The maximum Gasteiger partial charge on any atom is 0.306 e. The first-order valence-corrected chi connectivity index (χ1v) is 28.4. The summed E-state index contributed by atoms with van der Waals surface area (Å²) in [5.74, 6) is -0.887. The van der Waals surface area contributed by atoms with E-state index in [1.54, 1.807) is 0 Å². The summed E-state index contributed by atoms with van der Waals surface area (Å²) >= 11 is 0. The number of hydrogen-bond acceptors (Lipinski definition) is 6. The van der Waals surface area contributed by atoms with Gasteiger partial charge in [-0.3, -0.25) is 14.4 Å². The summed E-state index contributed by atoms with van der Waals surface area (Å²) in [5.41, 5.74) is 0. The Balaban J connectivity index is 4.27. The molecule has 0 aliphatic heterocycles. The highest BCUT2D eigenvalue weighted by atomic mass is 16.6. The molecule has 0 aromatic rings. The van der Waals surface area contributed by atoms with Crippen molar-refractivity contribution in [3.05, 3.63) is 72.9 Å². The smallest absolute Gasteiger partial charge is 0.306 e. The van der Waals surface area contributed by atoms with E-state index >= 15 is 0 Å². The number of carbonyl (C=O) groups excluding carboxylic acids is 3. The van der Waals surface area contributed by atoms with Gasteiger partial charge in [0.1, 0.15) is 13.2 Å². The fraction of sp³-hybridized carbons (Fsp3) is 0.754. The van der Waals surface area contributed by atoms with Crippen LogP contribution in [0, 0.1) is 0 Å². The van der Waals surface area contributed by atoms with Crippen molar-refractivity contribution in [2.75, 3.05) is 13.2 Å². The lowest BCUT2D eigenvalue weighted by Gasteiger charge is -2.18. The molecule has 1 unspecified atom stereocenters. The standard InChI is InChI=1S/C61H106O6/c1-4-7-10-13-16-19-22-24-25-26-27-28-29-30-31-32-33-34-35-37-39-42-45-48-51-54-60(63)66-57-58(56-65-59(62)53-50-47-44-41-38-21-18-15-12-9-6-3)67-61(64)55-52-49-46-43-40-36-23-20-17-14-11-8-5-2/h7,10,16,19-20,23-25,27-28,30-31,58H,4-6,8-9,11-15,17-18,21-22,26,29,32-57H2,1-3H3/b10-7-,19-16-,23-20-,25-24-,28-27-,31-30-. The average Bonchev–Trinajstić information content (AvgIpc) is 3.33. The monoisotopic (exact) mass is 935 g/mol. The Morgan fingerprint density at radius 2 is 0.582 bits per heavy atom. The zero-order valence-electron chi connectivity index (χ0n) is 44.2. The van der Waals surface area contributed by atoms with Crippen LogP contribution in [-0.2, 0) is 28.6 Å². The quantitative estimate of drug-likeness (QED) is 0.0262. The van der Waals surface area contributed by atoms with Crippen LogP contribution in [0.2, 0.25) is 0 Å². The van der Waals surface area contributed by atoms with E-state index in [2.05, 4.69) is 93.7 Å². The van der Waals surface area contributed by atoms with E-state index in [0.717, 1.165) is 109 Å². The molecule has 0 saturated carbocycles. The molecule has 0 aliphatic rings. The Hall–Kier alpha value is -3.15. The van der Waals surface area contributed by atoms with Gasteiger partial charge in [0.05, 0.1) is 0 Å². The van der Waals surface area contributed by atoms with Crippen LogP contribution in [0.3, 0.4) is 0 Å². The van der Waals surface area contributed by atoms with E-state index in [1.807, 2.05) is 0 Å². The molecule has 0 aromatic carbocycles. The first-order chi connectivity index (χ1) is 33.0. The van der Waals surface area contributed by atoms with Crippen molar-refractivity contribution in [1.82, 2.24) is 0 Å². The minimum atomic E-state index is -0.779. The van der Waals surface area contributed by atoms with Crippen molar-refractivity contribution in [2.45, 2.75) is 284 Å². The molecule has 0 amide bonds. The predicted octanol–water partition coefficient (Wildman–Crippen LogP) is 19.0. The van der Waals surface area contributed by atoms with Gasteiger partial charge in [0, 0.05) is 19.3 Å². The fourth-order valence-electron chi connectivity index (χ4n) is 7.93. The molecule has 0 N–H and O–H groups in total. The van der Waals surface area contributed by atoms with Crippen LogP contribution in [0.1, 0.15) is 278 Å². The third-order valence-corrected chi connectivity index (χ3v) is 12.2. The molecule has 0 aliphatic carbocycles. The highest BCUT2D eigenvalue weighted by molar-refractivity contribution is 5.71. The van der Waals surface area contributed by atoms with Gasteiger partial charge in [0.15, 0.2) is 6.10 Å². The lowest BCUT2D eigenvalue weighted by atomic mass is 10.1. The van der Waals surface area contributed by atoms with Crippen LogP contribution in [0.15, 0.2) is 72.9 Å². The van der Waals surface area contributed by atoms with Gasteiger partial charge in [-0.2, -0.15) is 0 Å². The molecule has 0 rings (SSSR count). The first-order valence-electron chi connectivity index (χ1n) is 28.4. The molecule has 0 fully saturated rings. The zero-order valence-corrected chi connectivity index (χ0v) is 44.2. The lowest BCUT2D eigenvalue weighted by Crippen LogP contribution is -2.30. The van der Waals surface area contributed by atoms with Gasteiger partial charge in [-0.1, -0.05) is 241 Å². The zero-order chi connectivity index (χ0) is 48.6. The first kappa shape index (κ1) is 63.8. The van der Waals surface area contributed by atoms with Gasteiger partial charge in [-0.15, -0.1) is 0 Å². The van der Waals surface area contributed by atoms with Crippen molar-refractivity contribution >= 4 is 17.9 Å². The SMILES string of the molecule is CC/C=C\C/C=C\C/C=C\C/C=C\C/C=C\CCCCCCCCCCCC(=O)OCC(COC(=O)CCCCCCCCCCCCC)OC(=O)CCCCCCC/C=C\CCCCCC. The van der Waals surface area contributed by atoms with E-state index in [0.29, 0.717) is 19.3 Å². The normalized spacial score (nSPS) is 12.6. The van der Waals surface area contributed by atoms with E-state index in [1.165, 1.54) is 128 Å². The summed E-state index contributed by atoms with van der Waals surface area (Å²) in [5, 5.41) is 0. The van der Waals surface area contributed by atoms with Crippen molar-refractivity contribution in [1.29, 1.82) is 0 Å². The van der Waals surface area contributed by atoms with Gasteiger partial charge in [0.2, 0.25) is 0 Å². The van der Waals surface area contributed by atoms with Gasteiger partial charge in [-0.05, 0) is 89.9 Å². The van der Waals surface area contributed by atoms with Gasteiger partial charge in [0.25, 0.3) is 0 Å². The second-order valence-electron chi connectivity index (χ2n) is 18.8. The number of ether oxygens (including phenoxy) is 3. The van der Waals surface area contributed by atoms with Crippen molar-refractivity contribution < 1.29 is 28.6 Å². The van der Waals surface area contributed by atoms with E-state index in [4.69, 9.17) is 14.2 Å². The minimum absolute atomic E-state index is 0.0780. The second-order valence-corrected chi connectivity index (χ2v) is 18.8. The summed E-state index contributed by atoms with van der Waals surface area (Å²) in [7, 11) is 0. The number of rotatable bonds is 51. The molecule has 0 bridgehead atoms. The molecule has 6 heteroatoms. The predicted molar refractivity (Wildman–Crippen MR) is 288 cm³/mol.